The monoisotopic (exact) mass is 462 g/mol. The highest BCUT2D eigenvalue weighted by Crippen LogP contribution is 2.39. The average molecular weight is 463 g/mol. The molecule has 0 aliphatic heterocycles. The second-order valence-electron chi connectivity index (χ2n) is 7.64. The van der Waals surface area contributed by atoms with Crippen molar-refractivity contribution in [1.82, 2.24) is 8.87 Å². The van der Waals surface area contributed by atoms with E-state index < -0.39 is 21.5 Å². The van der Waals surface area contributed by atoms with Crippen LogP contribution in [0, 0.1) is 17.2 Å². The molecule has 2 aromatic heterocycles. The number of thiophene rings is 1. The van der Waals surface area contributed by atoms with E-state index in [0.29, 0.717) is 29.6 Å². The highest BCUT2D eigenvalue weighted by Gasteiger charge is 2.25. The van der Waals surface area contributed by atoms with E-state index in [1.165, 1.54) is 27.9 Å². The summed E-state index contributed by atoms with van der Waals surface area (Å²) in [6.45, 7) is 5.90. The van der Waals surface area contributed by atoms with Crippen LogP contribution < -0.4 is 10.9 Å². The van der Waals surface area contributed by atoms with Crippen molar-refractivity contribution in [2.45, 2.75) is 51.5 Å². The number of amides is 1. The zero-order valence-electron chi connectivity index (χ0n) is 17.8. The van der Waals surface area contributed by atoms with Crippen molar-refractivity contribution >= 4 is 32.3 Å². The number of carbonyl (C=O) groups is 1. The SMILES string of the molecule is CCN(CC)S(=O)(=O)c1ccc(=O)n(CC(=O)Nc2sc3c(c2C#N)CCC(C)C3)c1. The van der Waals surface area contributed by atoms with E-state index >= 15 is 0 Å². The Morgan fingerprint density at radius 1 is 1.35 bits per heavy atom. The van der Waals surface area contributed by atoms with Crippen LogP contribution in [-0.4, -0.2) is 36.3 Å². The van der Waals surface area contributed by atoms with E-state index in [0.717, 1.165) is 40.3 Å². The zero-order chi connectivity index (χ0) is 22.8. The number of nitrogens with one attached hydrogen (secondary N) is 1. The number of hydrogen-bond donors (Lipinski definition) is 1. The van der Waals surface area contributed by atoms with Crippen LogP contribution in [0.15, 0.2) is 28.0 Å². The maximum atomic E-state index is 12.7. The van der Waals surface area contributed by atoms with Gasteiger partial charge in [-0.3, -0.25) is 9.59 Å². The molecule has 0 spiro atoms. The molecule has 2 aromatic rings. The van der Waals surface area contributed by atoms with Gasteiger partial charge in [0.1, 0.15) is 17.6 Å². The second kappa shape index (κ2) is 9.34. The van der Waals surface area contributed by atoms with Gasteiger partial charge in [-0.2, -0.15) is 9.57 Å². The molecule has 1 amide bonds. The van der Waals surface area contributed by atoms with Gasteiger partial charge in [-0.05, 0) is 36.8 Å². The standard InChI is InChI=1S/C21H26N4O4S2/c1-4-25(5-2)31(28,29)15-7-9-20(27)24(12-15)13-19(26)23-21-17(11-22)16-8-6-14(3)10-18(16)30-21/h7,9,12,14H,4-6,8,10,13H2,1-3H3,(H,23,26). The topological polar surface area (TPSA) is 112 Å². The summed E-state index contributed by atoms with van der Waals surface area (Å²) >= 11 is 1.41. The van der Waals surface area contributed by atoms with E-state index in [1.54, 1.807) is 13.8 Å². The fourth-order valence-electron chi connectivity index (χ4n) is 3.78. The van der Waals surface area contributed by atoms with Gasteiger partial charge >= 0.3 is 0 Å². The number of aromatic nitrogens is 1. The minimum absolute atomic E-state index is 0.0399. The van der Waals surface area contributed by atoms with Crippen LogP contribution in [0.4, 0.5) is 5.00 Å². The molecule has 3 rings (SSSR count). The van der Waals surface area contributed by atoms with Crippen molar-refractivity contribution < 1.29 is 13.2 Å². The van der Waals surface area contributed by atoms with Crippen molar-refractivity contribution in [2.24, 2.45) is 5.92 Å². The normalized spacial score (nSPS) is 16.0. The fraction of sp³-hybridized carbons (Fsp3) is 0.476. The van der Waals surface area contributed by atoms with Crippen molar-refractivity contribution in [1.29, 1.82) is 5.26 Å². The molecule has 8 nitrogen and oxygen atoms in total. The summed E-state index contributed by atoms with van der Waals surface area (Å²) in [5.74, 6) is 0.0537. The Kier molecular flexibility index (Phi) is 6.99. The first-order chi connectivity index (χ1) is 14.7. The van der Waals surface area contributed by atoms with Gasteiger partial charge in [0.25, 0.3) is 5.56 Å². The van der Waals surface area contributed by atoms with Gasteiger partial charge in [0, 0.05) is 30.2 Å². The molecule has 166 valence electrons. The third-order valence-corrected chi connectivity index (χ3v) is 8.69. The molecule has 10 heteroatoms. The summed E-state index contributed by atoms with van der Waals surface area (Å²) in [5, 5.41) is 12.8. The number of hydrogen-bond acceptors (Lipinski definition) is 6. The number of pyridine rings is 1. The predicted molar refractivity (Wildman–Crippen MR) is 120 cm³/mol. The van der Waals surface area contributed by atoms with Gasteiger partial charge in [-0.15, -0.1) is 11.3 Å². The van der Waals surface area contributed by atoms with Crippen LogP contribution in [0.5, 0.6) is 0 Å². The molecule has 1 atom stereocenters. The molecular formula is C21H26N4O4S2. The minimum Gasteiger partial charge on any atom is -0.315 e. The maximum absolute atomic E-state index is 12.7. The van der Waals surface area contributed by atoms with E-state index in [9.17, 15) is 23.3 Å². The molecule has 1 aliphatic carbocycles. The van der Waals surface area contributed by atoms with Crippen LogP contribution in [0.1, 0.15) is 43.2 Å². The maximum Gasteiger partial charge on any atom is 0.251 e. The van der Waals surface area contributed by atoms with Crippen LogP contribution in [-0.2, 0) is 34.2 Å². The van der Waals surface area contributed by atoms with Crippen molar-refractivity contribution in [3.63, 3.8) is 0 Å². The number of carbonyl (C=O) groups excluding carboxylic acids is 1. The Bertz CT molecular complexity index is 1190. The van der Waals surface area contributed by atoms with Crippen LogP contribution >= 0.6 is 11.3 Å². The van der Waals surface area contributed by atoms with Gasteiger partial charge in [-0.1, -0.05) is 20.8 Å². The van der Waals surface area contributed by atoms with Gasteiger partial charge in [0.15, 0.2) is 0 Å². The number of rotatable bonds is 7. The lowest BCUT2D eigenvalue weighted by molar-refractivity contribution is -0.116. The van der Waals surface area contributed by atoms with Gasteiger partial charge < -0.3 is 9.88 Å². The number of anilines is 1. The Hall–Kier alpha value is -2.48. The molecule has 0 aromatic carbocycles. The Morgan fingerprint density at radius 3 is 2.71 bits per heavy atom. The summed E-state index contributed by atoms with van der Waals surface area (Å²) < 4.78 is 27.8. The Morgan fingerprint density at radius 2 is 2.06 bits per heavy atom. The first kappa shape index (κ1) is 23.2. The predicted octanol–water partition coefficient (Wildman–Crippen LogP) is 2.58. The van der Waals surface area contributed by atoms with Crippen LogP contribution in [0.2, 0.25) is 0 Å². The van der Waals surface area contributed by atoms with E-state index in [4.69, 9.17) is 0 Å². The number of nitrogens with zero attached hydrogens (tertiary/aromatic N) is 3. The summed E-state index contributed by atoms with van der Waals surface area (Å²) in [6, 6.07) is 4.60. The molecule has 0 bridgehead atoms. The summed E-state index contributed by atoms with van der Waals surface area (Å²) in [4.78, 5) is 26.0. The van der Waals surface area contributed by atoms with E-state index in [-0.39, 0.29) is 11.4 Å². The van der Waals surface area contributed by atoms with Gasteiger partial charge in [0.2, 0.25) is 15.9 Å². The minimum atomic E-state index is -3.75. The Labute approximate surface area is 186 Å². The molecule has 2 heterocycles. The van der Waals surface area contributed by atoms with Gasteiger partial charge in [0.05, 0.1) is 10.5 Å². The molecule has 0 radical (unpaired) electrons. The average Bonchev–Trinajstić information content (AvgIpc) is 3.05. The largest absolute Gasteiger partial charge is 0.315 e. The van der Waals surface area contributed by atoms with Crippen molar-refractivity contribution in [3.05, 3.63) is 44.7 Å². The lowest BCUT2D eigenvalue weighted by atomic mass is 9.89. The Balaban J connectivity index is 1.84. The molecule has 0 fully saturated rings. The molecule has 0 saturated heterocycles. The molecule has 0 saturated carbocycles. The first-order valence-electron chi connectivity index (χ1n) is 10.3. The fourth-order valence-corrected chi connectivity index (χ4v) is 6.63. The number of nitriles is 1. The zero-order valence-corrected chi connectivity index (χ0v) is 19.5. The highest BCUT2D eigenvalue weighted by molar-refractivity contribution is 7.89. The van der Waals surface area contributed by atoms with Crippen molar-refractivity contribution in [2.75, 3.05) is 18.4 Å². The summed E-state index contributed by atoms with van der Waals surface area (Å²) in [6.07, 6.45) is 3.91. The first-order valence-corrected chi connectivity index (χ1v) is 12.5. The van der Waals surface area contributed by atoms with E-state index in [1.807, 2.05) is 0 Å². The van der Waals surface area contributed by atoms with Crippen molar-refractivity contribution in [3.8, 4) is 6.07 Å². The molecular weight excluding hydrogens is 436 g/mol. The molecule has 31 heavy (non-hydrogen) atoms. The third kappa shape index (κ3) is 4.74. The quantitative estimate of drug-likeness (QED) is 0.680. The summed E-state index contributed by atoms with van der Waals surface area (Å²) in [7, 11) is -3.75. The molecule has 1 aliphatic rings. The lowest BCUT2D eigenvalue weighted by Crippen LogP contribution is -2.33. The third-order valence-electron chi connectivity index (χ3n) is 5.49. The lowest BCUT2D eigenvalue weighted by Gasteiger charge is -2.19. The second-order valence-corrected chi connectivity index (χ2v) is 10.7. The molecule has 1 unspecified atom stereocenters. The summed E-state index contributed by atoms with van der Waals surface area (Å²) in [5.41, 5.74) is 1.02. The van der Waals surface area contributed by atoms with E-state index in [2.05, 4.69) is 18.3 Å². The van der Waals surface area contributed by atoms with Crippen LogP contribution in [0.3, 0.4) is 0 Å². The smallest absolute Gasteiger partial charge is 0.251 e. The van der Waals surface area contributed by atoms with Gasteiger partial charge in [-0.25, -0.2) is 8.42 Å². The molecule has 1 N–H and O–H groups in total. The highest BCUT2D eigenvalue weighted by atomic mass is 32.2. The number of fused-ring (bicyclic) bond motifs is 1. The number of sulfonamides is 1. The van der Waals surface area contributed by atoms with Crippen LogP contribution in [0.25, 0.3) is 0 Å².